The van der Waals surface area contributed by atoms with Crippen LogP contribution in [0.2, 0.25) is 0 Å². The number of hydrogen-bond acceptors (Lipinski definition) is 5. The summed E-state index contributed by atoms with van der Waals surface area (Å²) in [5.41, 5.74) is 0. The van der Waals surface area contributed by atoms with Crippen molar-refractivity contribution in [1.82, 2.24) is 20.0 Å². The molecule has 0 radical (unpaired) electrons. The highest BCUT2D eigenvalue weighted by molar-refractivity contribution is 5.79. The van der Waals surface area contributed by atoms with Gasteiger partial charge < -0.3 is 24.3 Å². The normalized spacial score (nSPS) is 19.5. The molecule has 1 aromatic rings. The van der Waals surface area contributed by atoms with Gasteiger partial charge in [-0.2, -0.15) is 0 Å². The number of carbonyl (C=O) groups excluding carboxylic acids is 2. The third-order valence-corrected chi connectivity index (χ3v) is 6.22. The molecule has 168 valence electrons. The van der Waals surface area contributed by atoms with Crippen LogP contribution in [0.25, 0.3) is 0 Å². The molecule has 2 aliphatic heterocycles. The van der Waals surface area contributed by atoms with Crippen LogP contribution in [0.4, 0.5) is 4.79 Å². The third-order valence-electron chi connectivity index (χ3n) is 6.22. The Bertz CT molecular complexity index is 689. The Labute approximate surface area is 179 Å². The molecule has 1 aromatic heterocycles. The van der Waals surface area contributed by atoms with Gasteiger partial charge in [-0.25, -0.2) is 4.79 Å². The Hall–Kier alpha value is -2.06. The van der Waals surface area contributed by atoms with E-state index in [1.54, 1.807) is 0 Å². The van der Waals surface area contributed by atoms with Crippen LogP contribution in [-0.2, 0) is 9.53 Å². The molecular formula is C22H36N4O4. The van der Waals surface area contributed by atoms with E-state index in [2.05, 4.69) is 10.2 Å². The number of rotatable bonds is 7. The maximum absolute atomic E-state index is 12.8. The van der Waals surface area contributed by atoms with E-state index >= 15 is 0 Å². The van der Waals surface area contributed by atoms with Crippen molar-refractivity contribution in [1.29, 1.82) is 0 Å². The molecule has 8 heteroatoms. The first-order valence-electron chi connectivity index (χ1n) is 11.2. The molecule has 0 aromatic carbocycles. The second-order valence-corrected chi connectivity index (χ2v) is 8.07. The van der Waals surface area contributed by atoms with Crippen LogP contribution in [-0.4, -0.2) is 85.7 Å². The zero-order chi connectivity index (χ0) is 21.5. The molecule has 1 N–H and O–H groups in total. The van der Waals surface area contributed by atoms with E-state index in [-0.39, 0.29) is 23.9 Å². The van der Waals surface area contributed by atoms with Gasteiger partial charge in [0.1, 0.15) is 11.5 Å². The second-order valence-electron chi connectivity index (χ2n) is 8.07. The maximum atomic E-state index is 12.8. The minimum absolute atomic E-state index is 0.0101. The number of urea groups is 1. The van der Waals surface area contributed by atoms with E-state index in [1.807, 2.05) is 42.7 Å². The maximum Gasteiger partial charge on any atom is 0.319 e. The van der Waals surface area contributed by atoms with Crippen molar-refractivity contribution in [3.05, 3.63) is 23.7 Å². The lowest BCUT2D eigenvalue weighted by Crippen LogP contribution is -2.49. The predicted molar refractivity (Wildman–Crippen MR) is 114 cm³/mol. The number of morpholine rings is 1. The molecule has 2 saturated heterocycles. The predicted octanol–water partition coefficient (Wildman–Crippen LogP) is 2.25. The molecule has 3 amide bonds. The van der Waals surface area contributed by atoms with E-state index in [9.17, 15) is 9.59 Å². The van der Waals surface area contributed by atoms with E-state index in [0.717, 1.165) is 24.6 Å². The molecule has 0 aliphatic carbocycles. The summed E-state index contributed by atoms with van der Waals surface area (Å²) in [4.78, 5) is 31.4. The monoisotopic (exact) mass is 420 g/mol. The lowest BCUT2D eigenvalue weighted by Gasteiger charge is -2.36. The Balaban J connectivity index is 1.53. The number of ether oxygens (including phenoxy) is 1. The molecule has 0 bridgehead atoms. The van der Waals surface area contributed by atoms with E-state index in [4.69, 9.17) is 9.15 Å². The van der Waals surface area contributed by atoms with Gasteiger partial charge in [0.25, 0.3) is 0 Å². The number of likely N-dealkylation sites (tertiary alicyclic amines) is 1. The van der Waals surface area contributed by atoms with Crippen molar-refractivity contribution >= 4 is 11.9 Å². The lowest BCUT2D eigenvalue weighted by atomic mass is 9.96. The van der Waals surface area contributed by atoms with Crippen LogP contribution < -0.4 is 5.32 Å². The van der Waals surface area contributed by atoms with Crippen LogP contribution >= 0.6 is 0 Å². The first-order valence-corrected chi connectivity index (χ1v) is 11.2. The minimum Gasteiger partial charge on any atom is -0.465 e. The molecule has 8 nitrogen and oxygen atoms in total. The van der Waals surface area contributed by atoms with Crippen LogP contribution in [0.15, 0.2) is 16.5 Å². The standard InChI is InChI=1S/C22H36N4O4/c1-4-24(5-2)22(28)26-10-8-18(9-11-26)21(27)23-16-19(20-7-6-17(3)30-20)25-12-14-29-15-13-25/h6-7,18-19H,4-5,8-16H2,1-3H3,(H,23,27). The zero-order valence-corrected chi connectivity index (χ0v) is 18.6. The summed E-state index contributed by atoms with van der Waals surface area (Å²) in [7, 11) is 0. The van der Waals surface area contributed by atoms with Gasteiger partial charge in [0.15, 0.2) is 0 Å². The van der Waals surface area contributed by atoms with Crippen molar-refractivity contribution in [3.8, 4) is 0 Å². The highest BCUT2D eigenvalue weighted by Crippen LogP contribution is 2.24. The summed E-state index contributed by atoms with van der Waals surface area (Å²) in [6, 6.07) is 4.06. The quantitative estimate of drug-likeness (QED) is 0.732. The summed E-state index contributed by atoms with van der Waals surface area (Å²) >= 11 is 0. The van der Waals surface area contributed by atoms with Crippen LogP contribution in [0.5, 0.6) is 0 Å². The number of hydrogen-bond donors (Lipinski definition) is 1. The highest BCUT2D eigenvalue weighted by Gasteiger charge is 2.30. The van der Waals surface area contributed by atoms with Crippen molar-refractivity contribution in [3.63, 3.8) is 0 Å². The smallest absolute Gasteiger partial charge is 0.319 e. The molecule has 0 spiro atoms. The van der Waals surface area contributed by atoms with Crippen molar-refractivity contribution < 1.29 is 18.7 Å². The molecule has 3 rings (SSSR count). The fourth-order valence-corrected chi connectivity index (χ4v) is 4.30. The SMILES string of the molecule is CCN(CC)C(=O)N1CCC(C(=O)NCC(c2ccc(C)o2)N2CCOCC2)CC1. The topological polar surface area (TPSA) is 78.3 Å². The number of amides is 3. The number of nitrogens with zero attached hydrogens (tertiary/aromatic N) is 3. The Kier molecular flexibility index (Phi) is 8.16. The first kappa shape index (κ1) is 22.6. The van der Waals surface area contributed by atoms with Crippen LogP contribution in [0, 0.1) is 12.8 Å². The minimum atomic E-state index is -0.0468. The highest BCUT2D eigenvalue weighted by atomic mass is 16.5. The molecule has 1 atom stereocenters. The van der Waals surface area contributed by atoms with Gasteiger partial charge in [-0.05, 0) is 45.7 Å². The molecule has 0 saturated carbocycles. The molecule has 3 heterocycles. The summed E-state index contributed by atoms with van der Waals surface area (Å²) in [6.45, 7) is 12.2. The summed E-state index contributed by atoms with van der Waals surface area (Å²) in [5.74, 6) is 1.79. The van der Waals surface area contributed by atoms with E-state index < -0.39 is 0 Å². The number of nitrogens with one attached hydrogen (secondary N) is 1. The fraction of sp³-hybridized carbons (Fsp3) is 0.727. The number of furan rings is 1. The van der Waals surface area contributed by atoms with Gasteiger partial charge in [-0.3, -0.25) is 9.69 Å². The van der Waals surface area contributed by atoms with Gasteiger partial charge in [0.2, 0.25) is 5.91 Å². The second kappa shape index (κ2) is 10.8. The lowest BCUT2D eigenvalue weighted by molar-refractivity contribution is -0.126. The molecule has 30 heavy (non-hydrogen) atoms. The van der Waals surface area contributed by atoms with E-state index in [0.29, 0.717) is 58.8 Å². The first-order chi connectivity index (χ1) is 14.5. The summed E-state index contributed by atoms with van der Waals surface area (Å²) in [5, 5.41) is 3.15. The van der Waals surface area contributed by atoms with E-state index in [1.165, 1.54) is 0 Å². The third kappa shape index (κ3) is 5.55. The van der Waals surface area contributed by atoms with Gasteiger partial charge >= 0.3 is 6.03 Å². The molecule has 2 aliphatic rings. The Morgan fingerprint density at radius 2 is 1.80 bits per heavy atom. The van der Waals surface area contributed by atoms with Gasteiger partial charge in [0.05, 0.1) is 19.3 Å². The van der Waals surface area contributed by atoms with Gasteiger partial charge in [-0.15, -0.1) is 0 Å². The average molecular weight is 421 g/mol. The van der Waals surface area contributed by atoms with Crippen molar-refractivity contribution in [2.75, 3.05) is 59.0 Å². The summed E-state index contributed by atoms with van der Waals surface area (Å²) < 4.78 is 11.4. The number of aryl methyl sites for hydroxylation is 1. The summed E-state index contributed by atoms with van der Waals surface area (Å²) in [6.07, 6.45) is 1.42. The van der Waals surface area contributed by atoms with Gasteiger partial charge in [0, 0.05) is 51.7 Å². The Morgan fingerprint density at radius 3 is 2.37 bits per heavy atom. The average Bonchev–Trinajstić information content (AvgIpc) is 3.21. The molecule has 1 unspecified atom stereocenters. The Morgan fingerprint density at radius 1 is 1.13 bits per heavy atom. The number of carbonyl (C=O) groups is 2. The van der Waals surface area contributed by atoms with Crippen LogP contribution in [0.1, 0.15) is 44.3 Å². The zero-order valence-electron chi connectivity index (χ0n) is 18.6. The van der Waals surface area contributed by atoms with Crippen molar-refractivity contribution in [2.24, 2.45) is 5.92 Å². The van der Waals surface area contributed by atoms with Gasteiger partial charge in [-0.1, -0.05) is 0 Å². The molecule has 2 fully saturated rings. The largest absolute Gasteiger partial charge is 0.465 e. The van der Waals surface area contributed by atoms with Crippen molar-refractivity contribution in [2.45, 2.75) is 39.7 Å². The fourth-order valence-electron chi connectivity index (χ4n) is 4.30. The van der Waals surface area contributed by atoms with Crippen LogP contribution in [0.3, 0.4) is 0 Å². The number of piperidine rings is 1. The molecular weight excluding hydrogens is 384 g/mol.